The number of hydrogen-bond donors (Lipinski definition) is 3. The average molecular weight is 452 g/mol. The molecule has 10 heteroatoms. The number of methoxy groups -OCH3 is 1. The molecule has 0 aromatic heterocycles. The number of rotatable bonds is 9. The maximum absolute atomic E-state index is 13.2. The number of likely N-dealkylation sites (N-methyl/N-ethyl adjacent to an activating group) is 1. The fourth-order valence-corrected chi connectivity index (χ4v) is 2.85. The number of ether oxygens (including phenoxy) is 2. The summed E-state index contributed by atoms with van der Waals surface area (Å²) in [6.07, 6.45) is -0.872. The first kappa shape index (κ1) is 26.9. The molecule has 1 rings (SSSR count). The van der Waals surface area contributed by atoms with Crippen LogP contribution in [0.1, 0.15) is 44.9 Å². The molecule has 0 radical (unpaired) electrons. The van der Waals surface area contributed by atoms with Crippen molar-refractivity contribution in [3.63, 3.8) is 0 Å². The summed E-state index contributed by atoms with van der Waals surface area (Å²) in [6.45, 7) is 7.57. The van der Waals surface area contributed by atoms with Gasteiger partial charge in [-0.3, -0.25) is 14.4 Å². The largest absolute Gasteiger partial charge is 0.468 e. The lowest BCUT2D eigenvalue weighted by Crippen LogP contribution is -2.54. The van der Waals surface area contributed by atoms with Gasteiger partial charge in [-0.05, 0) is 40.2 Å². The number of esters is 1. The second-order valence-electron chi connectivity index (χ2n) is 8.11. The molecule has 0 bridgehead atoms. The summed E-state index contributed by atoms with van der Waals surface area (Å²) in [5.74, 6) is -1.93. The lowest BCUT2D eigenvalue weighted by Gasteiger charge is -2.33. The molecule has 2 atom stereocenters. The monoisotopic (exact) mass is 451 g/mol. The van der Waals surface area contributed by atoms with Gasteiger partial charge in [0.25, 0.3) is 0 Å². The number of nitrogens with one attached hydrogen (secondary N) is 2. The minimum Gasteiger partial charge on any atom is -0.468 e. The van der Waals surface area contributed by atoms with Crippen LogP contribution in [0.2, 0.25) is 0 Å². The van der Waals surface area contributed by atoms with Crippen molar-refractivity contribution in [2.75, 3.05) is 26.8 Å². The molecule has 2 unspecified atom stereocenters. The van der Waals surface area contributed by atoms with E-state index in [2.05, 4.69) is 15.4 Å². The van der Waals surface area contributed by atoms with Crippen LogP contribution >= 0.6 is 0 Å². The maximum atomic E-state index is 13.2. The third kappa shape index (κ3) is 8.18. The first-order valence-electron chi connectivity index (χ1n) is 10.2. The van der Waals surface area contributed by atoms with Gasteiger partial charge in [-0.15, -0.1) is 0 Å². The van der Waals surface area contributed by atoms with Gasteiger partial charge in [-0.2, -0.15) is 0 Å². The maximum Gasteiger partial charge on any atom is 0.408 e. The molecule has 10 nitrogen and oxygen atoms in total. The van der Waals surface area contributed by atoms with Crippen molar-refractivity contribution in [3.05, 3.63) is 35.4 Å². The van der Waals surface area contributed by atoms with Crippen LogP contribution in [0.15, 0.2) is 24.3 Å². The number of benzene rings is 1. The standard InChI is InChI=1S/C22H33N3O7/c1-7-25(20(29)16(13-26)24-21(30)32-22(3,4)5)18(15-10-8-14(2)9-11-15)19(28)23-12-17(27)31-6/h8-11,16,18,26H,7,12-13H2,1-6H3,(H,23,28)(H,24,30). The fraction of sp³-hybridized carbons (Fsp3) is 0.545. The molecular weight excluding hydrogens is 418 g/mol. The van der Waals surface area contributed by atoms with Gasteiger partial charge in [0.2, 0.25) is 11.8 Å². The molecule has 32 heavy (non-hydrogen) atoms. The van der Waals surface area contributed by atoms with Crippen molar-refractivity contribution in [2.45, 2.75) is 52.3 Å². The van der Waals surface area contributed by atoms with Crippen LogP contribution in [0.5, 0.6) is 0 Å². The van der Waals surface area contributed by atoms with Crippen molar-refractivity contribution in [3.8, 4) is 0 Å². The van der Waals surface area contributed by atoms with E-state index in [-0.39, 0.29) is 13.1 Å². The van der Waals surface area contributed by atoms with Crippen LogP contribution < -0.4 is 10.6 Å². The number of carbonyl (C=O) groups excluding carboxylic acids is 4. The number of aliphatic hydroxyl groups is 1. The van der Waals surface area contributed by atoms with Gasteiger partial charge in [0.1, 0.15) is 24.2 Å². The van der Waals surface area contributed by atoms with Gasteiger partial charge in [0.05, 0.1) is 13.7 Å². The molecule has 0 heterocycles. The lowest BCUT2D eigenvalue weighted by atomic mass is 10.0. The van der Waals surface area contributed by atoms with E-state index in [1.807, 2.05) is 6.92 Å². The van der Waals surface area contributed by atoms with E-state index in [0.29, 0.717) is 5.56 Å². The van der Waals surface area contributed by atoms with E-state index in [9.17, 15) is 24.3 Å². The Labute approximate surface area is 188 Å². The summed E-state index contributed by atoms with van der Waals surface area (Å²) in [5.41, 5.74) is 0.661. The Morgan fingerprint density at radius 3 is 2.19 bits per heavy atom. The van der Waals surface area contributed by atoms with E-state index >= 15 is 0 Å². The lowest BCUT2D eigenvalue weighted by molar-refractivity contribution is -0.145. The normalized spacial score (nSPS) is 12.8. The van der Waals surface area contributed by atoms with Crippen molar-refractivity contribution in [2.24, 2.45) is 0 Å². The summed E-state index contributed by atoms with van der Waals surface area (Å²) in [5, 5.41) is 14.6. The zero-order chi connectivity index (χ0) is 24.5. The van der Waals surface area contributed by atoms with Crippen molar-refractivity contribution < 1.29 is 33.8 Å². The Balaban J connectivity index is 3.20. The highest BCUT2D eigenvalue weighted by Crippen LogP contribution is 2.23. The van der Waals surface area contributed by atoms with Gasteiger partial charge >= 0.3 is 12.1 Å². The first-order valence-corrected chi connectivity index (χ1v) is 10.2. The quantitative estimate of drug-likeness (QED) is 0.478. The predicted molar refractivity (Wildman–Crippen MR) is 117 cm³/mol. The molecule has 0 spiro atoms. The predicted octanol–water partition coefficient (Wildman–Crippen LogP) is 1.06. The zero-order valence-electron chi connectivity index (χ0n) is 19.4. The van der Waals surface area contributed by atoms with E-state index in [0.717, 1.165) is 5.56 Å². The molecule has 1 aromatic carbocycles. The van der Waals surface area contributed by atoms with E-state index in [4.69, 9.17) is 4.74 Å². The molecule has 0 saturated heterocycles. The number of nitrogens with zero attached hydrogens (tertiary/aromatic N) is 1. The summed E-state index contributed by atoms with van der Waals surface area (Å²) >= 11 is 0. The summed E-state index contributed by atoms with van der Waals surface area (Å²) in [7, 11) is 1.20. The van der Waals surface area contributed by atoms with E-state index in [1.165, 1.54) is 12.0 Å². The average Bonchev–Trinajstić information content (AvgIpc) is 2.72. The van der Waals surface area contributed by atoms with Crippen LogP contribution in [-0.2, 0) is 23.9 Å². The van der Waals surface area contributed by atoms with Gasteiger partial charge in [-0.1, -0.05) is 29.8 Å². The highest BCUT2D eigenvalue weighted by molar-refractivity contribution is 5.93. The molecular formula is C22H33N3O7. The Morgan fingerprint density at radius 1 is 1.12 bits per heavy atom. The highest BCUT2D eigenvalue weighted by Gasteiger charge is 2.35. The molecule has 0 aliphatic heterocycles. The molecule has 1 aromatic rings. The van der Waals surface area contributed by atoms with Crippen LogP contribution in [0.4, 0.5) is 4.79 Å². The molecule has 178 valence electrons. The van der Waals surface area contributed by atoms with Crippen LogP contribution in [-0.4, -0.2) is 72.3 Å². The van der Waals surface area contributed by atoms with Gasteiger partial charge < -0.3 is 30.1 Å². The minimum atomic E-state index is -1.33. The Bertz CT molecular complexity index is 803. The SMILES string of the molecule is CCN(C(=O)C(CO)NC(=O)OC(C)(C)C)C(C(=O)NCC(=O)OC)c1ccc(C)cc1. The first-order chi connectivity index (χ1) is 14.9. The molecule has 0 saturated carbocycles. The van der Waals surface area contributed by atoms with Crippen molar-refractivity contribution >= 4 is 23.9 Å². The van der Waals surface area contributed by atoms with Crippen LogP contribution in [0.3, 0.4) is 0 Å². The molecule has 3 N–H and O–H groups in total. The number of hydrogen-bond acceptors (Lipinski definition) is 7. The minimum absolute atomic E-state index is 0.0928. The van der Waals surface area contributed by atoms with Gasteiger partial charge in [-0.25, -0.2) is 4.79 Å². The van der Waals surface area contributed by atoms with Crippen LogP contribution in [0, 0.1) is 6.92 Å². The zero-order valence-corrected chi connectivity index (χ0v) is 19.4. The fourth-order valence-electron chi connectivity index (χ4n) is 2.85. The Kier molecular flexibility index (Phi) is 10.1. The third-order valence-corrected chi connectivity index (χ3v) is 4.38. The van der Waals surface area contributed by atoms with Gasteiger partial charge in [0, 0.05) is 6.54 Å². The molecule has 3 amide bonds. The second-order valence-corrected chi connectivity index (χ2v) is 8.11. The number of amides is 3. The summed E-state index contributed by atoms with van der Waals surface area (Å²) < 4.78 is 9.70. The number of carbonyl (C=O) groups is 4. The van der Waals surface area contributed by atoms with E-state index in [1.54, 1.807) is 52.0 Å². The Morgan fingerprint density at radius 2 is 1.72 bits per heavy atom. The second kappa shape index (κ2) is 12.0. The summed E-state index contributed by atoms with van der Waals surface area (Å²) in [4.78, 5) is 51.0. The topological polar surface area (TPSA) is 134 Å². The molecule has 0 aliphatic rings. The molecule has 0 aliphatic carbocycles. The van der Waals surface area contributed by atoms with Crippen molar-refractivity contribution in [1.82, 2.24) is 15.5 Å². The molecule has 0 fully saturated rings. The number of aryl methyl sites for hydroxylation is 1. The Hall–Kier alpha value is -3.14. The highest BCUT2D eigenvalue weighted by atomic mass is 16.6. The number of aliphatic hydroxyl groups excluding tert-OH is 1. The number of alkyl carbamates (subject to hydrolysis) is 1. The van der Waals surface area contributed by atoms with Crippen molar-refractivity contribution in [1.29, 1.82) is 0 Å². The van der Waals surface area contributed by atoms with E-state index < -0.39 is 48.2 Å². The third-order valence-electron chi connectivity index (χ3n) is 4.38. The summed E-state index contributed by atoms with van der Waals surface area (Å²) in [6, 6.07) is 4.54. The van der Waals surface area contributed by atoms with Gasteiger partial charge in [0.15, 0.2) is 0 Å². The van der Waals surface area contributed by atoms with Crippen LogP contribution in [0.25, 0.3) is 0 Å². The smallest absolute Gasteiger partial charge is 0.408 e.